The van der Waals surface area contributed by atoms with Gasteiger partial charge in [0.1, 0.15) is 0 Å². The molecule has 0 aliphatic heterocycles. The van der Waals surface area contributed by atoms with Crippen LogP contribution < -0.4 is 16.0 Å². The number of aryl methyl sites for hydroxylation is 1. The fourth-order valence-corrected chi connectivity index (χ4v) is 2.50. The monoisotopic (exact) mass is 343 g/mol. The van der Waals surface area contributed by atoms with Crippen LogP contribution in [0.1, 0.15) is 17.0 Å². The molecule has 2 rings (SSSR count). The fourth-order valence-electron chi connectivity index (χ4n) is 2.50. The van der Waals surface area contributed by atoms with Crippen molar-refractivity contribution in [2.75, 3.05) is 23.8 Å². The van der Waals surface area contributed by atoms with E-state index >= 15 is 0 Å². The van der Waals surface area contributed by atoms with Gasteiger partial charge in [-0.1, -0.05) is 6.08 Å². The van der Waals surface area contributed by atoms with Crippen LogP contribution in [0.3, 0.4) is 0 Å². The molecule has 0 aliphatic carbocycles. The van der Waals surface area contributed by atoms with Crippen molar-refractivity contribution in [2.24, 2.45) is 0 Å². The van der Waals surface area contributed by atoms with Crippen LogP contribution in [-0.4, -0.2) is 34.1 Å². The van der Waals surface area contributed by atoms with Crippen LogP contribution >= 0.6 is 0 Å². The van der Waals surface area contributed by atoms with E-state index in [9.17, 15) is 4.79 Å². The van der Waals surface area contributed by atoms with E-state index in [0.717, 1.165) is 28.3 Å². The summed E-state index contributed by atoms with van der Waals surface area (Å²) in [6.45, 7) is 9.17. The van der Waals surface area contributed by atoms with Crippen molar-refractivity contribution >= 4 is 17.4 Å². The van der Waals surface area contributed by atoms with Gasteiger partial charge < -0.3 is 21.1 Å². The first-order valence-electron chi connectivity index (χ1n) is 8.18. The first-order chi connectivity index (χ1) is 12.0. The van der Waals surface area contributed by atoms with Crippen LogP contribution in [0.4, 0.5) is 16.2 Å². The van der Waals surface area contributed by atoms with E-state index in [2.05, 4.69) is 27.6 Å². The second-order valence-electron chi connectivity index (χ2n) is 5.65. The number of nitrogens with zero attached hydrogens (tertiary/aromatic N) is 2. The van der Waals surface area contributed by atoms with Crippen LogP contribution in [0.5, 0.6) is 0 Å². The summed E-state index contributed by atoms with van der Waals surface area (Å²) in [5.41, 5.74) is 4.80. The van der Waals surface area contributed by atoms with Crippen LogP contribution in [0, 0.1) is 13.8 Å². The summed E-state index contributed by atoms with van der Waals surface area (Å²) < 4.78 is 1.82. The number of carbonyl (C=O) groups excluding carboxylic acids is 1. The minimum atomic E-state index is -0.261. The van der Waals surface area contributed by atoms with E-state index in [0.29, 0.717) is 19.6 Å². The molecular formula is C18H25N5O2. The van der Waals surface area contributed by atoms with Crippen molar-refractivity contribution in [1.82, 2.24) is 15.1 Å². The highest BCUT2D eigenvalue weighted by Gasteiger charge is 2.10. The third-order valence-electron chi connectivity index (χ3n) is 3.86. The van der Waals surface area contributed by atoms with Crippen molar-refractivity contribution in [3.05, 3.63) is 53.9 Å². The Labute approximate surface area is 147 Å². The predicted octanol–water partition coefficient (Wildman–Crippen LogP) is 2.41. The van der Waals surface area contributed by atoms with Crippen LogP contribution in [-0.2, 0) is 13.1 Å². The van der Waals surface area contributed by atoms with Crippen LogP contribution in [0.2, 0.25) is 0 Å². The molecule has 25 heavy (non-hydrogen) atoms. The van der Waals surface area contributed by atoms with Gasteiger partial charge >= 0.3 is 6.03 Å². The lowest BCUT2D eigenvalue weighted by Gasteiger charge is -2.10. The van der Waals surface area contributed by atoms with Gasteiger partial charge in [-0.3, -0.25) is 4.68 Å². The molecule has 0 saturated heterocycles. The van der Waals surface area contributed by atoms with Gasteiger partial charge in [0, 0.05) is 35.7 Å². The van der Waals surface area contributed by atoms with E-state index in [1.807, 2.05) is 42.8 Å². The molecular weight excluding hydrogens is 318 g/mol. The van der Waals surface area contributed by atoms with E-state index in [4.69, 9.17) is 5.11 Å². The molecule has 1 heterocycles. The molecule has 2 amide bonds. The Morgan fingerprint density at radius 2 is 1.96 bits per heavy atom. The summed E-state index contributed by atoms with van der Waals surface area (Å²) in [6.07, 6.45) is 1.62. The Morgan fingerprint density at radius 3 is 2.60 bits per heavy atom. The Hall–Kier alpha value is -2.80. The van der Waals surface area contributed by atoms with Gasteiger partial charge in [-0.15, -0.1) is 6.58 Å². The number of nitrogens with one attached hydrogen (secondary N) is 3. The molecule has 0 atom stereocenters. The summed E-state index contributed by atoms with van der Waals surface area (Å²) in [5, 5.41) is 22.3. The summed E-state index contributed by atoms with van der Waals surface area (Å²) in [6, 6.07) is 7.23. The topological polar surface area (TPSA) is 91.2 Å². The molecule has 0 unspecified atom stereocenters. The molecule has 0 aliphatic rings. The number of anilines is 2. The zero-order valence-electron chi connectivity index (χ0n) is 14.7. The van der Waals surface area contributed by atoms with E-state index < -0.39 is 0 Å². The lowest BCUT2D eigenvalue weighted by Crippen LogP contribution is -2.28. The number of aromatic nitrogens is 2. The Morgan fingerprint density at radius 1 is 1.28 bits per heavy atom. The summed E-state index contributed by atoms with van der Waals surface area (Å²) in [7, 11) is 0. The summed E-state index contributed by atoms with van der Waals surface area (Å²) in [5.74, 6) is 0. The van der Waals surface area contributed by atoms with Crippen molar-refractivity contribution in [3.8, 4) is 0 Å². The molecule has 0 saturated carbocycles. The molecule has 1 aromatic carbocycles. The molecule has 2 aromatic rings. The van der Waals surface area contributed by atoms with E-state index in [1.165, 1.54) is 0 Å². The molecule has 0 spiro atoms. The first kappa shape index (κ1) is 18.5. The Balaban J connectivity index is 1.94. The molecule has 0 fully saturated rings. The quantitative estimate of drug-likeness (QED) is 0.554. The Kier molecular flexibility index (Phi) is 6.59. The van der Waals surface area contributed by atoms with Crippen molar-refractivity contribution < 1.29 is 9.90 Å². The summed E-state index contributed by atoms with van der Waals surface area (Å²) >= 11 is 0. The Bertz CT molecular complexity index is 722. The first-order valence-corrected chi connectivity index (χ1v) is 8.18. The smallest absolute Gasteiger partial charge is 0.319 e. The average molecular weight is 343 g/mol. The lowest BCUT2D eigenvalue weighted by molar-refractivity contribution is 0.253. The number of carbonyl (C=O) groups is 1. The standard InChI is InChI=1S/C18H25N5O2/c1-4-9-19-18(25)21-16-7-5-15(6-8-16)20-12-17-13(2)22-23(10-11-24)14(17)3/h4-8,20,24H,1,9-12H2,2-3H3,(H2,19,21,25). The van der Waals surface area contributed by atoms with Crippen LogP contribution in [0.15, 0.2) is 36.9 Å². The van der Waals surface area contributed by atoms with Crippen molar-refractivity contribution in [3.63, 3.8) is 0 Å². The normalized spacial score (nSPS) is 10.4. The number of urea groups is 1. The van der Waals surface area contributed by atoms with Gasteiger partial charge in [-0.2, -0.15) is 5.10 Å². The van der Waals surface area contributed by atoms with E-state index in [1.54, 1.807) is 6.08 Å². The number of rotatable bonds is 8. The highest BCUT2D eigenvalue weighted by molar-refractivity contribution is 5.89. The maximum atomic E-state index is 11.6. The maximum Gasteiger partial charge on any atom is 0.319 e. The number of aliphatic hydroxyl groups is 1. The molecule has 134 valence electrons. The van der Waals surface area contributed by atoms with Gasteiger partial charge in [-0.25, -0.2) is 4.79 Å². The number of hydrogen-bond donors (Lipinski definition) is 4. The zero-order chi connectivity index (χ0) is 18.2. The van der Waals surface area contributed by atoms with Crippen molar-refractivity contribution in [1.29, 1.82) is 0 Å². The molecule has 0 radical (unpaired) electrons. The second kappa shape index (κ2) is 8.89. The molecule has 7 nitrogen and oxygen atoms in total. The number of hydrogen-bond acceptors (Lipinski definition) is 4. The fraction of sp³-hybridized carbons (Fsp3) is 0.333. The highest BCUT2D eigenvalue weighted by atomic mass is 16.3. The summed E-state index contributed by atoms with van der Waals surface area (Å²) in [4.78, 5) is 11.6. The van der Waals surface area contributed by atoms with Gasteiger partial charge in [-0.05, 0) is 38.1 Å². The number of amides is 2. The lowest BCUT2D eigenvalue weighted by atomic mass is 10.2. The molecule has 4 N–H and O–H groups in total. The zero-order valence-corrected chi connectivity index (χ0v) is 14.7. The highest BCUT2D eigenvalue weighted by Crippen LogP contribution is 2.17. The van der Waals surface area contributed by atoms with Crippen LogP contribution in [0.25, 0.3) is 0 Å². The maximum absolute atomic E-state index is 11.6. The van der Waals surface area contributed by atoms with Crippen molar-refractivity contribution in [2.45, 2.75) is 26.9 Å². The molecule has 0 bridgehead atoms. The minimum absolute atomic E-state index is 0.0731. The average Bonchev–Trinajstić information content (AvgIpc) is 2.86. The third-order valence-corrected chi connectivity index (χ3v) is 3.86. The number of benzene rings is 1. The predicted molar refractivity (Wildman–Crippen MR) is 99.8 cm³/mol. The molecule has 7 heteroatoms. The van der Waals surface area contributed by atoms with Gasteiger partial charge in [0.05, 0.1) is 18.8 Å². The van der Waals surface area contributed by atoms with E-state index in [-0.39, 0.29) is 12.6 Å². The molecule has 1 aromatic heterocycles. The third kappa shape index (κ3) is 5.09. The van der Waals surface area contributed by atoms with Gasteiger partial charge in [0.2, 0.25) is 0 Å². The minimum Gasteiger partial charge on any atom is -0.394 e. The SMILES string of the molecule is C=CCNC(=O)Nc1ccc(NCc2c(C)nn(CCO)c2C)cc1. The van der Waals surface area contributed by atoms with Gasteiger partial charge in [0.25, 0.3) is 0 Å². The second-order valence-corrected chi connectivity index (χ2v) is 5.65. The number of aliphatic hydroxyl groups excluding tert-OH is 1. The largest absolute Gasteiger partial charge is 0.394 e. The van der Waals surface area contributed by atoms with Gasteiger partial charge in [0.15, 0.2) is 0 Å².